The molecular formula is C23H42NO3P. The Kier molecular flexibility index (Phi) is 14.6. The van der Waals surface area contributed by atoms with Gasteiger partial charge in [0.2, 0.25) is 0 Å². The molecule has 0 heterocycles. The Labute approximate surface area is 172 Å². The Hall–Kier alpha value is -0.670. The molecule has 0 aliphatic rings. The quantitative estimate of drug-likeness (QED) is 0.181. The summed E-state index contributed by atoms with van der Waals surface area (Å²) in [6.45, 7) is 2.91. The molecule has 0 aliphatic carbocycles. The van der Waals surface area contributed by atoms with Gasteiger partial charge in [-0.2, -0.15) is 0 Å². The van der Waals surface area contributed by atoms with Crippen molar-refractivity contribution in [1.82, 2.24) is 5.32 Å². The smallest absolute Gasteiger partial charge is 0.323 e. The minimum Gasteiger partial charge on any atom is -0.323 e. The van der Waals surface area contributed by atoms with E-state index in [-0.39, 0.29) is 0 Å². The van der Waals surface area contributed by atoms with Crippen LogP contribution in [0.2, 0.25) is 0 Å². The van der Waals surface area contributed by atoms with E-state index in [1.54, 1.807) is 12.1 Å². The molecule has 4 nitrogen and oxygen atoms in total. The van der Waals surface area contributed by atoms with Crippen LogP contribution in [0.15, 0.2) is 30.3 Å². The average molecular weight is 412 g/mol. The standard InChI is InChI=1S/C23H42NO3P/c1-2-3-4-5-6-7-8-9-10-11-12-13-14-18-21-24-23(28(25,26)27)22-19-16-15-17-20-22/h15-17,19-20,23-24H,2-14,18,21H2,1H3,(H2,25,26,27)/t23-/m1/s1. The van der Waals surface area contributed by atoms with E-state index in [1.807, 2.05) is 18.2 Å². The Morgan fingerprint density at radius 1 is 0.750 bits per heavy atom. The monoisotopic (exact) mass is 411 g/mol. The largest absolute Gasteiger partial charge is 0.346 e. The van der Waals surface area contributed by atoms with Gasteiger partial charge in [-0.05, 0) is 18.5 Å². The molecule has 1 atom stereocenters. The molecule has 0 saturated carbocycles. The Morgan fingerprint density at radius 3 is 1.61 bits per heavy atom. The summed E-state index contributed by atoms with van der Waals surface area (Å²) in [7, 11) is -4.20. The fraction of sp³-hybridized carbons (Fsp3) is 0.739. The van der Waals surface area contributed by atoms with Crippen molar-refractivity contribution >= 4 is 7.60 Å². The van der Waals surface area contributed by atoms with Crippen molar-refractivity contribution in [3.05, 3.63) is 35.9 Å². The summed E-state index contributed by atoms with van der Waals surface area (Å²) in [6.07, 6.45) is 18.3. The molecule has 0 aromatic heterocycles. The molecule has 0 bridgehead atoms. The van der Waals surface area contributed by atoms with Crippen LogP contribution in [0.25, 0.3) is 0 Å². The van der Waals surface area contributed by atoms with E-state index in [0.29, 0.717) is 12.1 Å². The lowest BCUT2D eigenvalue weighted by Crippen LogP contribution is -2.22. The summed E-state index contributed by atoms with van der Waals surface area (Å²) < 4.78 is 11.7. The number of hydrogen-bond acceptors (Lipinski definition) is 2. The van der Waals surface area contributed by atoms with Gasteiger partial charge in [-0.15, -0.1) is 0 Å². The predicted molar refractivity (Wildman–Crippen MR) is 120 cm³/mol. The van der Waals surface area contributed by atoms with E-state index in [2.05, 4.69) is 12.2 Å². The molecule has 1 rings (SSSR count). The van der Waals surface area contributed by atoms with Gasteiger partial charge in [-0.1, -0.05) is 121 Å². The van der Waals surface area contributed by atoms with Crippen molar-refractivity contribution in [1.29, 1.82) is 0 Å². The van der Waals surface area contributed by atoms with Gasteiger partial charge < -0.3 is 9.79 Å². The van der Waals surface area contributed by atoms with Crippen LogP contribution in [0.3, 0.4) is 0 Å². The molecule has 1 aromatic carbocycles. The number of unbranched alkanes of at least 4 members (excludes halogenated alkanes) is 13. The highest BCUT2D eigenvalue weighted by Gasteiger charge is 2.29. The summed E-state index contributed by atoms with van der Waals surface area (Å²) in [6, 6.07) is 9.01. The van der Waals surface area contributed by atoms with Gasteiger partial charge in [0.1, 0.15) is 5.78 Å². The second kappa shape index (κ2) is 16.2. The van der Waals surface area contributed by atoms with Crippen LogP contribution in [0.1, 0.15) is 108 Å². The third-order valence-corrected chi connectivity index (χ3v) is 6.47. The molecule has 0 saturated heterocycles. The van der Waals surface area contributed by atoms with E-state index in [9.17, 15) is 14.4 Å². The van der Waals surface area contributed by atoms with Crippen molar-refractivity contribution in [3.8, 4) is 0 Å². The second-order valence-corrected chi connectivity index (χ2v) is 9.65. The van der Waals surface area contributed by atoms with Crippen LogP contribution >= 0.6 is 7.60 Å². The third-order valence-electron chi connectivity index (χ3n) is 5.32. The van der Waals surface area contributed by atoms with Crippen LogP contribution in [-0.4, -0.2) is 16.3 Å². The first kappa shape index (κ1) is 25.4. The normalized spacial score (nSPS) is 13.0. The molecule has 0 aliphatic heterocycles. The minimum absolute atomic E-state index is 0.642. The lowest BCUT2D eigenvalue weighted by atomic mass is 10.0. The zero-order chi connectivity index (χ0) is 20.5. The van der Waals surface area contributed by atoms with E-state index < -0.39 is 13.4 Å². The second-order valence-electron chi connectivity index (χ2n) is 7.95. The maximum atomic E-state index is 11.7. The molecule has 1 aromatic rings. The first-order chi connectivity index (χ1) is 13.6. The van der Waals surface area contributed by atoms with Gasteiger partial charge >= 0.3 is 7.60 Å². The molecule has 0 spiro atoms. The Morgan fingerprint density at radius 2 is 1.18 bits per heavy atom. The fourth-order valence-electron chi connectivity index (χ4n) is 3.62. The van der Waals surface area contributed by atoms with E-state index in [4.69, 9.17) is 0 Å². The predicted octanol–water partition coefficient (Wildman–Crippen LogP) is 6.93. The summed E-state index contributed by atoms with van der Waals surface area (Å²) in [5, 5.41) is 3.06. The van der Waals surface area contributed by atoms with Gasteiger partial charge in [0.25, 0.3) is 0 Å². The van der Waals surface area contributed by atoms with Gasteiger partial charge in [0, 0.05) is 0 Å². The van der Waals surface area contributed by atoms with E-state index >= 15 is 0 Å². The third kappa shape index (κ3) is 12.7. The van der Waals surface area contributed by atoms with Gasteiger partial charge in [0.15, 0.2) is 0 Å². The molecule has 0 amide bonds. The maximum Gasteiger partial charge on any atom is 0.346 e. The van der Waals surface area contributed by atoms with Crippen LogP contribution < -0.4 is 5.32 Å². The molecule has 0 fully saturated rings. The highest BCUT2D eigenvalue weighted by atomic mass is 31.2. The fourth-order valence-corrected chi connectivity index (χ4v) is 4.55. The molecule has 3 N–H and O–H groups in total. The zero-order valence-electron chi connectivity index (χ0n) is 17.8. The molecule has 0 radical (unpaired) electrons. The van der Waals surface area contributed by atoms with Gasteiger partial charge in [-0.25, -0.2) is 0 Å². The van der Waals surface area contributed by atoms with Crippen molar-refractivity contribution in [3.63, 3.8) is 0 Å². The average Bonchev–Trinajstić information content (AvgIpc) is 2.67. The van der Waals surface area contributed by atoms with E-state index in [1.165, 1.54) is 77.0 Å². The first-order valence-corrected chi connectivity index (χ1v) is 13.1. The van der Waals surface area contributed by atoms with E-state index in [0.717, 1.165) is 12.8 Å². The van der Waals surface area contributed by atoms with Crippen molar-refractivity contribution in [2.24, 2.45) is 0 Å². The number of hydrogen-bond donors (Lipinski definition) is 3. The number of rotatable bonds is 18. The molecule has 0 unspecified atom stereocenters. The maximum absolute atomic E-state index is 11.7. The van der Waals surface area contributed by atoms with Crippen LogP contribution in [0, 0.1) is 0 Å². The molecule has 162 valence electrons. The van der Waals surface area contributed by atoms with Crippen molar-refractivity contribution < 1.29 is 14.4 Å². The Bertz CT molecular complexity index is 518. The summed E-state index contributed by atoms with van der Waals surface area (Å²) >= 11 is 0. The van der Waals surface area contributed by atoms with Crippen molar-refractivity contribution in [2.75, 3.05) is 6.54 Å². The van der Waals surface area contributed by atoms with Gasteiger partial charge in [-0.3, -0.25) is 9.88 Å². The first-order valence-electron chi connectivity index (χ1n) is 11.4. The molecule has 5 heteroatoms. The summed E-state index contributed by atoms with van der Waals surface area (Å²) in [5.41, 5.74) is 0.654. The summed E-state index contributed by atoms with van der Waals surface area (Å²) in [4.78, 5) is 19.2. The van der Waals surface area contributed by atoms with Crippen LogP contribution in [-0.2, 0) is 4.57 Å². The number of benzene rings is 1. The zero-order valence-corrected chi connectivity index (χ0v) is 18.7. The lowest BCUT2D eigenvalue weighted by molar-refractivity contribution is 0.347. The summed E-state index contributed by atoms with van der Waals surface area (Å²) in [5.74, 6) is -0.893. The molecule has 28 heavy (non-hydrogen) atoms. The number of nitrogens with one attached hydrogen (secondary N) is 1. The highest BCUT2D eigenvalue weighted by Crippen LogP contribution is 2.49. The lowest BCUT2D eigenvalue weighted by Gasteiger charge is -2.20. The van der Waals surface area contributed by atoms with Crippen molar-refractivity contribution in [2.45, 2.75) is 103 Å². The van der Waals surface area contributed by atoms with Gasteiger partial charge in [0.05, 0.1) is 0 Å². The highest BCUT2D eigenvalue weighted by molar-refractivity contribution is 7.52. The topological polar surface area (TPSA) is 69.6 Å². The molecular weight excluding hydrogens is 369 g/mol. The minimum atomic E-state index is -4.20. The van der Waals surface area contributed by atoms with Crippen LogP contribution in [0.5, 0.6) is 0 Å². The SMILES string of the molecule is CCCCCCCCCCCCCCCCN[C@@H](c1ccccc1)P(=O)(O)O. The van der Waals surface area contributed by atoms with Crippen LogP contribution in [0.4, 0.5) is 0 Å². The Balaban J connectivity index is 1.97.